The third-order valence-electron chi connectivity index (χ3n) is 1.75. The fourth-order valence-corrected chi connectivity index (χ4v) is 1.46. The summed E-state index contributed by atoms with van der Waals surface area (Å²) in [5.41, 5.74) is 6.56. The predicted octanol–water partition coefficient (Wildman–Crippen LogP) is 2.24. The molecule has 1 aromatic rings. The number of hydrogen-bond acceptors (Lipinski definition) is 2. The number of hydrogen-bond donors (Lipinski definition) is 1. The Labute approximate surface area is 83.6 Å². The second kappa shape index (κ2) is 5.10. The highest BCUT2D eigenvalue weighted by Gasteiger charge is 2.06. The van der Waals surface area contributed by atoms with Crippen LogP contribution in [0.2, 0.25) is 5.02 Å². The zero-order valence-electron chi connectivity index (χ0n) is 7.72. The Morgan fingerprint density at radius 1 is 1.46 bits per heavy atom. The smallest absolute Gasteiger partial charge is 0.141 e. The van der Waals surface area contributed by atoms with Gasteiger partial charge in [-0.1, -0.05) is 23.7 Å². The lowest BCUT2D eigenvalue weighted by Crippen LogP contribution is -2.05. The Hall–Kier alpha value is -0.730. The fraction of sp³-hybridized carbons (Fsp3) is 0.400. The van der Waals surface area contributed by atoms with E-state index in [1.165, 1.54) is 0 Å². The molecular weight excluding hydrogens is 186 g/mol. The second-order valence-electron chi connectivity index (χ2n) is 2.70. The van der Waals surface area contributed by atoms with E-state index in [0.717, 1.165) is 17.7 Å². The molecule has 0 aromatic heterocycles. The first kappa shape index (κ1) is 10.4. The molecule has 0 saturated carbocycles. The molecule has 0 saturated heterocycles. The molecule has 1 rings (SSSR count). The van der Waals surface area contributed by atoms with Crippen LogP contribution in [0.25, 0.3) is 0 Å². The summed E-state index contributed by atoms with van der Waals surface area (Å²) in [7, 11) is 0. The summed E-state index contributed by atoms with van der Waals surface area (Å²) < 4.78 is 5.43. The molecule has 0 amide bonds. The van der Waals surface area contributed by atoms with Crippen molar-refractivity contribution in [2.24, 2.45) is 5.73 Å². The molecule has 0 aliphatic heterocycles. The van der Waals surface area contributed by atoms with Gasteiger partial charge in [0.25, 0.3) is 0 Å². The van der Waals surface area contributed by atoms with E-state index in [4.69, 9.17) is 22.1 Å². The Kier molecular flexibility index (Phi) is 4.06. The number of nitrogens with two attached hydrogens (primary N) is 1. The molecule has 2 nitrogen and oxygen atoms in total. The molecule has 0 spiro atoms. The van der Waals surface area contributed by atoms with E-state index in [-0.39, 0.29) is 0 Å². The van der Waals surface area contributed by atoms with Crippen LogP contribution in [0.15, 0.2) is 18.2 Å². The summed E-state index contributed by atoms with van der Waals surface area (Å²) in [5, 5.41) is 0.660. The van der Waals surface area contributed by atoms with Crippen LogP contribution in [0.3, 0.4) is 0 Å². The minimum Gasteiger partial charge on any atom is -0.492 e. The summed E-state index contributed by atoms with van der Waals surface area (Å²) in [4.78, 5) is 0. The van der Waals surface area contributed by atoms with Gasteiger partial charge in [-0.05, 0) is 31.5 Å². The maximum absolute atomic E-state index is 5.98. The normalized spacial score (nSPS) is 10.1. The van der Waals surface area contributed by atoms with Crippen molar-refractivity contribution >= 4 is 11.6 Å². The van der Waals surface area contributed by atoms with Crippen LogP contribution in [0.1, 0.15) is 12.5 Å². The van der Waals surface area contributed by atoms with Gasteiger partial charge < -0.3 is 10.5 Å². The topological polar surface area (TPSA) is 35.2 Å². The molecule has 13 heavy (non-hydrogen) atoms. The maximum atomic E-state index is 5.98. The summed E-state index contributed by atoms with van der Waals surface area (Å²) in [6.07, 6.45) is 0.801. The molecule has 0 radical (unpaired) electrons. The molecule has 2 N–H and O–H groups in total. The van der Waals surface area contributed by atoms with Gasteiger partial charge >= 0.3 is 0 Å². The Morgan fingerprint density at radius 2 is 2.23 bits per heavy atom. The van der Waals surface area contributed by atoms with Crippen molar-refractivity contribution in [2.45, 2.75) is 13.3 Å². The quantitative estimate of drug-likeness (QED) is 0.808. The standard InChI is InChI=1S/C10H14ClNO/c1-2-13-10-8(6-7-12)4-3-5-9(10)11/h3-5H,2,6-7,12H2,1H3. The van der Waals surface area contributed by atoms with Crippen molar-refractivity contribution < 1.29 is 4.74 Å². The average Bonchev–Trinajstić information content (AvgIpc) is 2.11. The van der Waals surface area contributed by atoms with Crippen molar-refractivity contribution in [3.63, 3.8) is 0 Å². The highest BCUT2D eigenvalue weighted by molar-refractivity contribution is 6.32. The van der Waals surface area contributed by atoms with Crippen LogP contribution in [-0.4, -0.2) is 13.2 Å². The summed E-state index contributed by atoms with van der Waals surface area (Å²) in [5.74, 6) is 0.775. The third kappa shape index (κ3) is 2.61. The van der Waals surface area contributed by atoms with Gasteiger partial charge in [-0.2, -0.15) is 0 Å². The van der Waals surface area contributed by atoms with Gasteiger partial charge in [-0.25, -0.2) is 0 Å². The number of ether oxygens (including phenoxy) is 1. The molecule has 0 atom stereocenters. The zero-order valence-corrected chi connectivity index (χ0v) is 8.47. The molecule has 0 fully saturated rings. The zero-order chi connectivity index (χ0) is 9.68. The van der Waals surface area contributed by atoms with E-state index in [1.54, 1.807) is 0 Å². The fourth-order valence-electron chi connectivity index (χ4n) is 1.21. The van der Waals surface area contributed by atoms with Crippen LogP contribution in [0.5, 0.6) is 5.75 Å². The second-order valence-corrected chi connectivity index (χ2v) is 3.11. The minimum absolute atomic E-state index is 0.612. The van der Waals surface area contributed by atoms with Crippen molar-refractivity contribution in [3.05, 3.63) is 28.8 Å². The summed E-state index contributed by atoms with van der Waals surface area (Å²) >= 11 is 5.98. The lowest BCUT2D eigenvalue weighted by molar-refractivity contribution is 0.337. The van der Waals surface area contributed by atoms with E-state index < -0.39 is 0 Å². The Balaban J connectivity index is 2.95. The largest absolute Gasteiger partial charge is 0.492 e. The van der Waals surface area contributed by atoms with Crippen LogP contribution in [0, 0.1) is 0 Å². The molecule has 3 heteroatoms. The van der Waals surface area contributed by atoms with Gasteiger partial charge in [0.05, 0.1) is 11.6 Å². The Bertz CT molecular complexity index is 276. The summed E-state index contributed by atoms with van der Waals surface area (Å²) in [6.45, 7) is 3.18. The first-order chi connectivity index (χ1) is 6.29. The molecule has 0 heterocycles. The molecule has 0 aliphatic rings. The number of halogens is 1. The van der Waals surface area contributed by atoms with Crippen LogP contribution >= 0.6 is 11.6 Å². The van der Waals surface area contributed by atoms with Gasteiger partial charge in [0.1, 0.15) is 5.75 Å². The molecule has 0 unspecified atom stereocenters. The van der Waals surface area contributed by atoms with Gasteiger partial charge in [0.2, 0.25) is 0 Å². The van der Waals surface area contributed by atoms with E-state index in [9.17, 15) is 0 Å². The minimum atomic E-state index is 0.612. The van der Waals surface area contributed by atoms with E-state index in [2.05, 4.69) is 0 Å². The van der Waals surface area contributed by atoms with Crippen molar-refractivity contribution in [3.8, 4) is 5.75 Å². The third-order valence-corrected chi connectivity index (χ3v) is 2.05. The lowest BCUT2D eigenvalue weighted by Gasteiger charge is -2.10. The SMILES string of the molecule is CCOc1c(Cl)cccc1CCN. The van der Waals surface area contributed by atoms with E-state index in [1.807, 2.05) is 25.1 Å². The van der Waals surface area contributed by atoms with Crippen molar-refractivity contribution in [2.75, 3.05) is 13.2 Å². The number of rotatable bonds is 4. The van der Waals surface area contributed by atoms with Gasteiger partial charge in [0, 0.05) is 0 Å². The lowest BCUT2D eigenvalue weighted by atomic mass is 10.1. The van der Waals surface area contributed by atoms with Crippen molar-refractivity contribution in [1.29, 1.82) is 0 Å². The highest BCUT2D eigenvalue weighted by atomic mass is 35.5. The molecule has 0 bridgehead atoms. The Morgan fingerprint density at radius 3 is 2.85 bits per heavy atom. The first-order valence-corrected chi connectivity index (χ1v) is 4.77. The molecule has 1 aromatic carbocycles. The number of benzene rings is 1. The average molecular weight is 200 g/mol. The van der Waals surface area contributed by atoms with Crippen LogP contribution in [0.4, 0.5) is 0 Å². The van der Waals surface area contributed by atoms with E-state index in [0.29, 0.717) is 18.2 Å². The van der Waals surface area contributed by atoms with Crippen LogP contribution in [-0.2, 0) is 6.42 Å². The maximum Gasteiger partial charge on any atom is 0.141 e. The summed E-state index contributed by atoms with van der Waals surface area (Å²) in [6, 6.07) is 5.73. The van der Waals surface area contributed by atoms with E-state index >= 15 is 0 Å². The first-order valence-electron chi connectivity index (χ1n) is 4.39. The van der Waals surface area contributed by atoms with Crippen molar-refractivity contribution in [1.82, 2.24) is 0 Å². The number of para-hydroxylation sites is 1. The highest BCUT2D eigenvalue weighted by Crippen LogP contribution is 2.28. The molecular formula is C10H14ClNO. The van der Waals surface area contributed by atoms with Gasteiger partial charge in [0.15, 0.2) is 0 Å². The monoisotopic (exact) mass is 199 g/mol. The van der Waals surface area contributed by atoms with Gasteiger partial charge in [-0.15, -0.1) is 0 Å². The molecule has 0 aliphatic carbocycles. The molecule has 72 valence electrons. The van der Waals surface area contributed by atoms with Crippen LogP contribution < -0.4 is 10.5 Å². The van der Waals surface area contributed by atoms with Gasteiger partial charge in [-0.3, -0.25) is 0 Å². The predicted molar refractivity (Wildman–Crippen MR) is 55.4 cm³/mol.